The molecule has 3 heterocycles. The summed E-state index contributed by atoms with van der Waals surface area (Å²) in [5, 5.41) is 34.1. The molecule has 0 aromatic heterocycles. The number of nitrogens with one attached hydrogen (secondary N) is 5. The first-order valence-corrected chi connectivity index (χ1v) is 14.6. The van der Waals surface area contributed by atoms with Gasteiger partial charge in [-0.05, 0) is 55.1 Å². The van der Waals surface area contributed by atoms with E-state index in [1.54, 1.807) is 30.1 Å². The van der Waals surface area contributed by atoms with Crippen LogP contribution in [0.5, 0.6) is 0 Å². The lowest BCUT2D eigenvalue weighted by Gasteiger charge is -2.29. The van der Waals surface area contributed by atoms with Crippen molar-refractivity contribution in [3.8, 4) is 0 Å². The minimum absolute atomic E-state index is 0.0115. The molecular weight excluding hydrogens is 556 g/mol. The van der Waals surface area contributed by atoms with Crippen LogP contribution in [0, 0.1) is 27.1 Å². The molecule has 3 aliphatic rings. The van der Waals surface area contributed by atoms with Crippen LogP contribution in [0.1, 0.15) is 36.0 Å². The third kappa shape index (κ3) is 6.06. The number of aliphatic imine (C=N–C) groups is 1. The molecule has 2 amide bonds. The van der Waals surface area contributed by atoms with Crippen LogP contribution in [0.25, 0.3) is 5.57 Å². The number of anilines is 2. The Morgan fingerprint density at radius 1 is 1.09 bits per heavy atom. The summed E-state index contributed by atoms with van der Waals surface area (Å²) < 4.78 is 0. The van der Waals surface area contributed by atoms with Crippen molar-refractivity contribution in [2.45, 2.75) is 19.3 Å². The lowest BCUT2D eigenvalue weighted by Crippen LogP contribution is -2.43. The number of nitrogens with two attached hydrogens (primary N) is 1. The van der Waals surface area contributed by atoms with Gasteiger partial charge in [0.15, 0.2) is 5.84 Å². The lowest BCUT2D eigenvalue weighted by atomic mass is 9.85. The van der Waals surface area contributed by atoms with Gasteiger partial charge in [0.1, 0.15) is 0 Å². The number of nitrogens with zero attached hydrogens (tertiary/aromatic N) is 4. The maximum absolute atomic E-state index is 13.7. The smallest absolute Gasteiger partial charge is 0.237 e. The number of rotatable bonds is 9. The predicted octanol–water partition coefficient (Wildman–Crippen LogP) is 2.62. The average molecular weight is 595 g/mol. The Labute approximate surface area is 256 Å². The summed E-state index contributed by atoms with van der Waals surface area (Å²) in [6.07, 6.45) is 6.49. The van der Waals surface area contributed by atoms with Gasteiger partial charge < -0.3 is 26.3 Å². The molecule has 0 saturated carbocycles. The first-order chi connectivity index (χ1) is 21.2. The second kappa shape index (κ2) is 12.7. The Morgan fingerprint density at radius 2 is 1.84 bits per heavy atom. The molecule has 228 valence electrons. The molecule has 12 nitrogen and oxygen atoms in total. The molecule has 5 rings (SSSR count). The lowest BCUT2D eigenvalue weighted by molar-refractivity contribution is -0.132. The van der Waals surface area contributed by atoms with Crippen LogP contribution in [-0.4, -0.2) is 97.7 Å². The van der Waals surface area contributed by atoms with Crippen LogP contribution in [0.15, 0.2) is 53.5 Å². The molecule has 0 unspecified atom stereocenters. The zero-order valence-corrected chi connectivity index (χ0v) is 24.8. The van der Waals surface area contributed by atoms with E-state index in [0.717, 1.165) is 23.8 Å². The molecule has 0 bridgehead atoms. The average Bonchev–Trinajstić information content (AvgIpc) is 3.61. The molecule has 0 radical (unpaired) electrons. The van der Waals surface area contributed by atoms with E-state index in [1.807, 2.05) is 29.2 Å². The van der Waals surface area contributed by atoms with E-state index in [4.69, 9.17) is 27.4 Å². The van der Waals surface area contributed by atoms with Crippen molar-refractivity contribution in [3.05, 3.63) is 65.2 Å². The van der Waals surface area contributed by atoms with E-state index < -0.39 is 5.41 Å². The fraction of sp³-hybridized carbons (Fsp3) is 0.344. The Kier molecular flexibility index (Phi) is 8.81. The van der Waals surface area contributed by atoms with Crippen molar-refractivity contribution in [3.63, 3.8) is 0 Å². The topological polar surface area (TPSA) is 190 Å². The number of likely N-dealkylation sites (tertiary alicyclic amines) is 1. The van der Waals surface area contributed by atoms with Crippen LogP contribution in [0.4, 0.5) is 11.4 Å². The zero-order valence-electron chi connectivity index (χ0n) is 24.8. The largest absolute Gasteiger partial charge is 0.398 e. The number of amides is 2. The first kappa shape index (κ1) is 30.5. The van der Waals surface area contributed by atoms with E-state index in [-0.39, 0.29) is 35.6 Å². The van der Waals surface area contributed by atoms with Gasteiger partial charge in [-0.2, -0.15) is 0 Å². The molecule has 7 N–H and O–H groups in total. The third-order valence-electron chi connectivity index (χ3n) is 8.75. The Hall–Kier alpha value is -4.97. The van der Waals surface area contributed by atoms with Crippen molar-refractivity contribution >= 4 is 58.6 Å². The van der Waals surface area contributed by atoms with Crippen LogP contribution < -0.4 is 16.0 Å². The summed E-state index contributed by atoms with van der Waals surface area (Å²) >= 11 is 0. The van der Waals surface area contributed by atoms with Crippen LogP contribution in [0.3, 0.4) is 0 Å². The van der Waals surface area contributed by atoms with Gasteiger partial charge in [0.25, 0.3) is 0 Å². The Balaban J connectivity index is 1.17. The summed E-state index contributed by atoms with van der Waals surface area (Å²) in [7, 11) is 1.74. The number of benzene rings is 2. The third-order valence-corrected chi connectivity index (χ3v) is 8.75. The van der Waals surface area contributed by atoms with Gasteiger partial charge >= 0.3 is 0 Å². The zero-order chi connectivity index (χ0) is 31.4. The number of carbonyl (C=O) groups excluding carboxylic acids is 2. The molecule has 3 aliphatic heterocycles. The Bertz CT molecular complexity index is 1580. The van der Waals surface area contributed by atoms with E-state index in [9.17, 15) is 9.59 Å². The van der Waals surface area contributed by atoms with E-state index in [1.165, 1.54) is 11.9 Å². The molecule has 1 atom stereocenters. The highest BCUT2D eigenvalue weighted by molar-refractivity contribution is 6.64. The van der Waals surface area contributed by atoms with Gasteiger partial charge in [-0.1, -0.05) is 30.3 Å². The summed E-state index contributed by atoms with van der Waals surface area (Å²) in [5.41, 5.74) is 9.36. The van der Waals surface area contributed by atoms with Gasteiger partial charge in [0.05, 0.1) is 29.7 Å². The van der Waals surface area contributed by atoms with Gasteiger partial charge in [-0.15, -0.1) is 0 Å². The van der Waals surface area contributed by atoms with E-state index in [2.05, 4.69) is 21.3 Å². The van der Waals surface area contributed by atoms with Gasteiger partial charge in [-0.25, -0.2) is 4.99 Å². The Morgan fingerprint density at radius 3 is 2.52 bits per heavy atom. The number of hydrogen-bond donors (Lipinski definition) is 6. The maximum Gasteiger partial charge on any atom is 0.237 e. The van der Waals surface area contributed by atoms with Crippen molar-refractivity contribution in [1.29, 1.82) is 21.6 Å². The molecule has 2 fully saturated rings. The monoisotopic (exact) mass is 594 g/mol. The minimum Gasteiger partial charge on any atom is -0.398 e. The quantitative estimate of drug-likeness (QED) is 0.148. The van der Waals surface area contributed by atoms with Crippen LogP contribution in [-0.2, 0) is 9.59 Å². The van der Waals surface area contributed by atoms with E-state index in [0.29, 0.717) is 62.5 Å². The van der Waals surface area contributed by atoms with Crippen molar-refractivity contribution in [1.82, 2.24) is 15.1 Å². The summed E-state index contributed by atoms with van der Waals surface area (Å²) in [5.74, 6) is 0.257. The number of amidine groups is 1. The maximum atomic E-state index is 13.7. The highest BCUT2D eigenvalue weighted by Gasteiger charge is 2.51. The molecule has 2 aromatic rings. The summed E-state index contributed by atoms with van der Waals surface area (Å²) in [4.78, 5) is 36.6. The van der Waals surface area contributed by atoms with Crippen LogP contribution in [0.2, 0.25) is 0 Å². The van der Waals surface area contributed by atoms with Crippen LogP contribution >= 0.6 is 0 Å². The molecule has 12 heteroatoms. The molecular formula is C32H38N10O2. The standard InChI is InChI=1S/C32H38N10O2/c1-38-20-39-30(37)23-4-2-21(3-5-23)22-8-12-41(13-9-22)28(43)18-40-14-10-32(19-40)11-15-42(31(32)44)24-6-7-26(34)25(16-24)29(36)27(35)17-33/h2-8,16-17,20,33,35-36H,9-15,18-19,34H2,1H3,(H2,37,38,39)/t32-/m0/s1. The fourth-order valence-electron chi connectivity index (χ4n) is 6.18. The first-order valence-electron chi connectivity index (χ1n) is 14.6. The highest BCUT2D eigenvalue weighted by Crippen LogP contribution is 2.42. The molecule has 44 heavy (non-hydrogen) atoms. The molecule has 2 saturated heterocycles. The van der Waals surface area contributed by atoms with Crippen molar-refractivity contribution in [2.24, 2.45) is 10.4 Å². The van der Waals surface area contributed by atoms with Gasteiger partial charge in [-0.3, -0.25) is 30.7 Å². The minimum atomic E-state index is -0.549. The summed E-state index contributed by atoms with van der Waals surface area (Å²) in [6.45, 7) is 3.17. The van der Waals surface area contributed by atoms with Gasteiger partial charge in [0, 0.05) is 61.9 Å². The normalized spacial score (nSPS) is 20.3. The number of nitrogen functional groups attached to an aromatic ring is 1. The molecule has 0 aliphatic carbocycles. The SMILES string of the molecule is CN/C=N\C(=N)c1ccc(C2=CCN(C(=O)CN3CC[C@]4(CCN(c5ccc(N)c(C(=N)C(=N)C=N)c5)C4=O)C3)CC2)cc1. The number of hydrogen-bond acceptors (Lipinski definition) is 8. The van der Waals surface area contributed by atoms with E-state index >= 15 is 0 Å². The highest BCUT2D eigenvalue weighted by atomic mass is 16.2. The molecule has 1 spiro atoms. The predicted molar refractivity (Wildman–Crippen MR) is 175 cm³/mol. The fourth-order valence-corrected chi connectivity index (χ4v) is 6.18. The van der Waals surface area contributed by atoms with Gasteiger partial charge in [0.2, 0.25) is 11.8 Å². The van der Waals surface area contributed by atoms with Crippen molar-refractivity contribution < 1.29 is 9.59 Å². The summed E-state index contributed by atoms with van der Waals surface area (Å²) in [6, 6.07) is 12.8. The second-order valence-electron chi connectivity index (χ2n) is 11.4. The number of carbonyl (C=O) groups is 2. The second-order valence-corrected chi connectivity index (χ2v) is 11.4. The van der Waals surface area contributed by atoms with Crippen molar-refractivity contribution in [2.75, 3.05) is 56.9 Å². The molecule has 2 aromatic carbocycles.